The molecule has 0 radical (unpaired) electrons. The zero-order valence-corrected chi connectivity index (χ0v) is 15.3. The Morgan fingerprint density at radius 3 is 1.70 bits per heavy atom. The highest BCUT2D eigenvalue weighted by atomic mass is 16.3. The minimum absolute atomic E-state index is 0.0447. The van der Waals surface area contributed by atoms with Crippen LogP contribution in [0.5, 0.6) is 0 Å². The largest absolute Gasteiger partial charge is 0.377 e. The van der Waals surface area contributed by atoms with E-state index in [4.69, 9.17) is 0 Å². The first kappa shape index (κ1) is 17.7. The summed E-state index contributed by atoms with van der Waals surface area (Å²) in [5.74, 6) is 0.0447. The van der Waals surface area contributed by atoms with E-state index in [-0.39, 0.29) is 16.6 Å². The molecule has 0 saturated heterocycles. The fraction of sp³-hybridized carbons (Fsp3) is 0.476. The van der Waals surface area contributed by atoms with E-state index in [1.54, 1.807) is 12.2 Å². The van der Waals surface area contributed by atoms with Gasteiger partial charge >= 0.3 is 0 Å². The third kappa shape index (κ3) is 3.32. The van der Waals surface area contributed by atoms with Crippen molar-refractivity contribution in [3.8, 4) is 0 Å². The van der Waals surface area contributed by atoms with E-state index in [1.807, 2.05) is 72.7 Å². The van der Waals surface area contributed by atoms with Gasteiger partial charge < -0.3 is 5.11 Å². The summed E-state index contributed by atoms with van der Waals surface area (Å²) in [6.07, 6.45) is 3.49. The molecule has 0 fully saturated rings. The predicted octanol–water partition coefficient (Wildman–Crippen LogP) is 4.71. The Morgan fingerprint density at radius 1 is 0.870 bits per heavy atom. The van der Waals surface area contributed by atoms with E-state index < -0.39 is 5.60 Å². The number of carbonyl (C=O) groups is 1. The van der Waals surface area contributed by atoms with Gasteiger partial charge in [0.25, 0.3) is 0 Å². The summed E-state index contributed by atoms with van der Waals surface area (Å²) in [5, 5.41) is 11.4. The van der Waals surface area contributed by atoms with Crippen molar-refractivity contribution in [2.24, 2.45) is 10.8 Å². The fourth-order valence-corrected chi connectivity index (χ4v) is 3.05. The van der Waals surface area contributed by atoms with Crippen LogP contribution in [0, 0.1) is 17.8 Å². The van der Waals surface area contributed by atoms with Crippen molar-refractivity contribution in [1.82, 2.24) is 0 Å². The summed E-state index contributed by atoms with van der Waals surface area (Å²) >= 11 is 0. The van der Waals surface area contributed by atoms with E-state index in [2.05, 4.69) is 0 Å². The van der Waals surface area contributed by atoms with Crippen LogP contribution in [0.1, 0.15) is 52.7 Å². The molecule has 2 rings (SSSR count). The molecule has 0 aromatic heterocycles. The van der Waals surface area contributed by atoms with Crippen LogP contribution in [-0.2, 0) is 10.4 Å². The van der Waals surface area contributed by atoms with Crippen molar-refractivity contribution in [3.63, 3.8) is 0 Å². The molecular formula is C21H28O2. The summed E-state index contributed by atoms with van der Waals surface area (Å²) in [6.45, 7) is 14.1. The Labute approximate surface area is 139 Å². The van der Waals surface area contributed by atoms with Crippen LogP contribution in [0.15, 0.2) is 47.6 Å². The summed E-state index contributed by atoms with van der Waals surface area (Å²) in [4.78, 5) is 13.0. The molecule has 0 unspecified atom stereocenters. The second-order valence-corrected chi connectivity index (χ2v) is 8.59. The van der Waals surface area contributed by atoms with Crippen molar-refractivity contribution in [2.75, 3.05) is 0 Å². The molecular weight excluding hydrogens is 284 g/mol. The van der Waals surface area contributed by atoms with Crippen LogP contribution in [0.2, 0.25) is 0 Å². The molecule has 2 heteroatoms. The van der Waals surface area contributed by atoms with Crippen LogP contribution in [0.25, 0.3) is 0 Å². The van der Waals surface area contributed by atoms with Gasteiger partial charge in [-0.3, -0.25) is 4.79 Å². The average Bonchev–Trinajstić information content (AvgIpc) is 2.39. The molecule has 124 valence electrons. The monoisotopic (exact) mass is 312 g/mol. The van der Waals surface area contributed by atoms with Gasteiger partial charge in [0.15, 0.2) is 5.78 Å². The molecule has 0 amide bonds. The van der Waals surface area contributed by atoms with Crippen LogP contribution in [0.4, 0.5) is 0 Å². The first-order chi connectivity index (χ1) is 10.4. The van der Waals surface area contributed by atoms with Gasteiger partial charge in [0.05, 0.1) is 0 Å². The van der Waals surface area contributed by atoms with Crippen LogP contribution in [-0.4, -0.2) is 10.9 Å². The number of allylic oxidation sites excluding steroid dienone is 2. The number of hydrogen-bond acceptors (Lipinski definition) is 2. The third-order valence-electron chi connectivity index (χ3n) is 4.41. The number of benzene rings is 1. The van der Waals surface area contributed by atoms with Crippen molar-refractivity contribution in [2.45, 2.75) is 54.1 Å². The Balaban J connectivity index is 2.75. The quantitative estimate of drug-likeness (QED) is 0.815. The second-order valence-electron chi connectivity index (χ2n) is 8.59. The minimum Gasteiger partial charge on any atom is -0.377 e. The lowest BCUT2D eigenvalue weighted by atomic mass is 9.68. The molecule has 1 aromatic carbocycles. The summed E-state index contributed by atoms with van der Waals surface area (Å²) in [7, 11) is 0. The van der Waals surface area contributed by atoms with Gasteiger partial charge in [-0.25, -0.2) is 0 Å². The summed E-state index contributed by atoms with van der Waals surface area (Å²) < 4.78 is 0. The summed E-state index contributed by atoms with van der Waals surface area (Å²) in [5.41, 5.74) is 1.31. The Hall–Kier alpha value is -1.67. The van der Waals surface area contributed by atoms with Crippen molar-refractivity contribution >= 4 is 5.78 Å². The number of rotatable bonds is 1. The van der Waals surface area contributed by atoms with Gasteiger partial charge in [0.1, 0.15) is 5.60 Å². The lowest BCUT2D eigenvalue weighted by Crippen LogP contribution is -2.36. The van der Waals surface area contributed by atoms with Gasteiger partial charge in [-0.1, -0.05) is 65.8 Å². The van der Waals surface area contributed by atoms with E-state index >= 15 is 0 Å². The number of hydrogen-bond donors (Lipinski definition) is 1. The lowest BCUT2D eigenvalue weighted by Gasteiger charge is -2.37. The number of aliphatic hydroxyl groups is 1. The van der Waals surface area contributed by atoms with Crippen LogP contribution < -0.4 is 0 Å². The molecule has 0 bridgehead atoms. The Kier molecular flexibility index (Phi) is 4.19. The van der Waals surface area contributed by atoms with Crippen LogP contribution in [0.3, 0.4) is 0 Å². The first-order valence-electron chi connectivity index (χ1n) is 8.16. The maximum atomic E-state index is 13.0. The van der Waals surface area contributed by atoms with Crippen molar-refractivity contribution in [1.29, 1.82) is 0 Å². The highest BCUT2D eigenvalue weighted by Crippen LogP contribution is 2.43. The predicted molar refractivity (Wildman–Crippen MR) is 95.2 cm³/mol. The average molecular weight is 312 g/mol. The zero-order chi connectivity index (χ0) is 17.6. The number of Topliss-reactive ketones (excluding diaryl/α,β-unsaturated/α-hetero) is 1. The molecule has 0 spiro atoms. The molecule has 1 aliphatic rings. The third-order valence-corrected chi connectivity index (χ3v) is 4.41. The highest BCUT2D eigenvalue weighted by Gasteiger charge is 2.41. The lowest BCUT2D eigenvalue weighted by molar-refractivity contribution is -0.114. The molecule has 0 atom stereocenters. The second kappa shape index (κ2) is 5.45. The standard InChI is InChI=1S/C21H28O2/c1-14-10-8-9-11-15(14)21(23)12-16(19(2,3)4)18(22)17(13-21)20(5,6)7/h8-13,23H,1-7H3. The number of ketones is 1. The van der Waals surface area contributed by atoms with Crippen molar-refractivity contribution < 1.29 is 9.90 Å². The zero-order valence-electron chi connectivity index (χ0n) is 15.3. The van der Waals surface area contributed by atoms with Crippen molar-refractivity contribution in [3.05, 3.63) is 58.7 Å². The smallest absolute Gasteiger partial charge is 0.185 e. The molecule has 2 nitrogen and oxygen atoms in total. The van der Waals surface area contributed by atoms with E-state index in [0.29, 0.717) is 11.1 Å². The van der Waals surface area contributed by atoms with Gasteiger partial charge in [-0.2, -0.15) is 0 Å². The molecule has 0 saturated carbocycles. The summed E-state index contributed by atoms with van der Waals surface area (Å²) in [6, 6.07) is 7.79. The Bertz CT molecular complexity index is 657. The van der Waals surface area contributed by atoms with Gasteiger partial charge in [0, 0.05) is 11.1 Å². The SMILES string of the molecule is Cc1ccccc1C1(O)C=C(C(C)(C)C)C(=O)C(C(C)(C)C)=C1. The molecule has 1 aromatic rings. The van der Waals surface area contributed by atoms with Gasteiger partial charge in [-0.05, 0) is 41.0 Å². The number of carbonyl (C=O) groups excluding carboxylic acids is 1. The maximum absolute atomic E-state index is 13.0. The maximum Gasteiger partial charge on any atom is 0.185 e. The molecule has 1 N–H and O–H groups in total. The highest BCUT2D eigenvalue weighted by molar-refractivity contribution is 6.11. The van der Waals surface area contributed by atoms with E-state index in [9.17, 15) is 9.90 Å². The molecule has 0 heterocycles. The van der Waals surface area contributed by atoms with E-state index in [1.165, 1.54) is 0 Å². The van der Waals surface area contributed by atoms with Gasteiger partial charge in [0.2, 0.25) is 0 Å². The van der Waals surface area contributed by atoms with E-state index in [0.717, 1.165) is 11.1 Å². The normalized spacial score (nSPS) is 18.5. The Morgan fingerprint density at radius 2 is 1.30 bits per heavy atom. The first-order valence-corrected chi connectivity index (χ1v) is 8.16. The fourth-order valence-electron chi connectivity index (χ4n) is 3.05. The molecule has 0 aliphatic heterocycles. The van der Waals surface area contributed by atoms with Gasteiger partial charge in [-0.15, -0.1) is 0 Å². The molecule has 1 aliphatic carbocycles. The molecule has 23 heavy (non-hydrogen) atoms. The van der Waals surface area contributed by atoms with Crippen LogP contribution >= 0.6 is 0 Å². The number of aryl methyl sites for hydroxylation is 1. The topological polar surface area (TPSA) is 37.3 Å². The minimum atomic E-state index is -1.25.